The first-order valence-electron chi connectivity index (χ1n) is 7.46. The molecular formula is C20H12BrNO2. The molecule has 116 valence electrons. The van der Waals surface area contributed by atoms with Gasteiger partial charge in [-0.15, -0.1) is 0 Å². The van der Waals surface area contributed by atoms with Gasteiger partial charge in [-0.2, -0.15) is 0 Å². The van der Waals surface area contributed by atoms with Crippen LogP contribution in [-0.4, -0.2) is 11.9 Å². The van der Waals surface area contributed by atoms with Crippen LogP contribution in [0.3, 0.4) is 0 Å². The molecule has 0 saturated carbocycles. The molecule has 1 aliphatic rings. The van der Waals surface area contributed by atoms with Crippen LogP contribution in [0.25, 0.3) is 16.8 Å². The highest BCUT2D eigenvalue weighted by atomic mass is 79.9. The second kappa shape index (κ2) is 6.06. The molecule has 0 amide bonds. The van der Waals surface area contributed by atoms with Crippen LogP contribution in [0.1, 0.15) is 11.1 Å². The van der Waals surface area contributed by atoms with Crippen molar-refractivity contribution in [1.29, 1.82) is 0 Å². The Balaban J connectivity index is 1.72. The maximum absolute atomic E-state index is 12.1. The van der Waals surface area contributed by atoms with E-state index in [0.29, 0.717) is 11.6 Å². The number of benzene rings is 3. The Morgan fingerprint density at radius 3 is 2.58 bits per heavy atom. The van der Waals surface area contributed by atoms with Crippen molar-refractivity contribution < 1.29 is 9.53 Å². The van der Waals surface area contributed by atoms with E-state index in [1.165, 1.54) is 0 Å². The zero-order valence-corrected chi connectivity index (χ0v) is 14.2. The molecule has 0 atom stereocenters. The zero-order chi connectivity index (χ0) is 16.5. The smallest absolute Gasteiger partial charge is 0.363 e. The van der Waals surface area contributed by atoms with Crippen LogP contribution >= 0.6 is 15.9 Å². The topological polar surface area (TPSA) is 38.7 Å². The van der Waals surface area contributed by atoms with Crippen LogP contribution in [0.5, 0.6) is 0 Å². The molecule has 1 heterocycles. The predicted molar refractivity (Wildman–Crippen MR) is 98.7 cm³/mol. The third-order valence-corrected chi connectivity index (χ3v) is 4.26. The lowest BCUT2D eigenvalue weighted by Crippen LogP contribution is -2.05. The Hall–Kier alpha value is -2.72. The molecule has 0 radical (unpaired) electrons. The zero-order valence-electron chi connectivity index (χ0n) is 12.6. The van der Waals surface area contributed by atoms with Gasteiger partial charge in [0.05, 0.1) is 0 Å². The van der Waals surface area contributed by atoms with Gasteiger partial charge >= 0.3 is 5.97 Å². The summed E-state index contributed by atoms with van der Waals surface area (Å²) in [5.41, 5.74) is 1.98. The quantitative estimate of drug-likeness (QED) is 0.468. The molecule has 3 aromatic carbocycles. The third kappa shape index (κ3) is 2.88. The highest BCUT2D eigenvalue weighted by Crippen LogP contribution is 2.23. The highest BCUT2D eigenvalue weighted by molar-refractivity contribution is 9.10. The summed E-state index contributed by atoms with van der Waals surface area (Å²) < 4.78 is 6.29. The minimum absolute atomic E-state index is 0.302. The Kier molecular flexibility index (Phi) is 3.75. The summed E-state index contributed by atoms with van der Waals surface area (Å²) in [4.78, 5) is 16.5. The van der Waals surface area contributed by atoms with E-state index in [9.17, 15) is 4.79 Å². The van der Waals surface area contributed by atoms with Crippen LogP contribution in [0.2, 0.25) is 0 Å². The van der Waals surface area contributed by atoms with E-state index in [2.05, 4.69) is 20.9 Å². The van der Waals surface area contributed by atoms with Gasteiger partial charge < -0.3 is 4.74 Å². The van der Waals surface area contributed by atoms with Gasteiger partial charge in [0.15, 0.2) is 5.70 Å². The molecule has 0 fully saturated rings. The fraction of sp³-hybridized carbons (Fsp3) is 0. The average molecular weight is 378 g/mol. The molecule has 0 N–H and O–H groups in total. The van der Waals surface area contributed by atoms with E-state index < -0.39 is 5.97 Å². The molecule has 0 aromatic heterocycles. The van der Waals surface area contributed by atoms with E-state index >= 15 is 0 Å². The Morgan fingerprint density at radius 1 is 0.917 bits per heavy atom. The Bertz CT molecular complexity index is 1020. The van der Waals surface area contributed by atoms with E-state index in [-0.39, 0.29) is 0 Å². The standard InChI is InChI=1S/C20H12BrNO2/c21-17-7-3-4-13(10-17)11-18-20(23)24-19(22-18)16-9-8-14-5-1-2-6-15(14)12-16/h1-12H/b18-11-. The molecule has 4 rings (SSSR count). The monoisotopic (exact) mass is 377 g/mol. The summed E-state index contributed by atoms with van der Waals surface area (Å²) >= 11 is 3.42. The highest BCUT2D eigenvalue weighted by Gasteiger charge is 2.24. The lowest BCUT2D eigenvalue weighted by molar-refractivity contribution is -0.129. The molecule has 24 heavy (non-hydrogen) atoms. The minimum atomic E-state index is -0.432. The van der Waals surface area contributed by atoms with Gasteiger partial charge in [0.25, 0.3) is 0 Å². The first-order chi connectivity index (χ1) is 11.7. The number of cyclic esters (lactones) is 1. The number of ether oxygens (including phenoxy) is 1. The SMILES string of the molecule is O=C1OC(c2ccc3ccccc3c2)=N/C1=C\c1cccc(Br)c1. The molecule has 3 aromatic rings. The lowest BCUT2D eigenvalue weighted by atomic mass is 10.1. The summed E-state index contributed by atoms with van der Waals surface area (Å²) in [5.74, 6) is -0.0925. The fourth-order valence-electron chi connectivity index (χ4n) is 2.61. The molecule has 0 bridgehead atoms. The van der Waals surface area contributed by atoms with Gasteiger partial charge in [-0.3, -0.25) is 0 Å². The molecular weight excluding hydrogens is 366 g/mol. The van der Waals surface area contributed by atoms with Crippen molar-refractivity contribution >= 4 is 44.6 Å². The number of hydrogen-bond donors (Lipinski definition) is 0. The first-order valence-corrected chi connectivity index (χ1v) is 8.26. The fourth-order valence-corrected chi connectivity index (χ4v) is 3.03. The number of halogens is 1. The molecule has 1 aliphatic heterocycles. The van der Waals surface area contributed by atoms with E-state index in [4.69, 9.17) is 4.74 Å². The summed E-state index contributed by atoms with van der Waals surface area (Å²) in [6.45, 7) is 0. The van der Waals surface area contributed by atoms with Crippen molar-refractivity contribution in [3.05, 3.63) is 88.0 Å². The van der Waals surface area contributed by atoms with E-state index in [1.54, 1.807) is 6.08 Å². The molecule has 0 aliphatic carbocycles. The number of fused-ring (bicyclic) bond motifs is 1. The van der Waals surface area contributed by atoms with Crippen LogP contribution in [0.15, 0.2) is 81.9 Å². The first kappa shape index (κ1) is 14.8. The van der Waals surface area contributed by atoms with Gasteiger partial charge in [-0.05, 0) is 46.7 Å². The van der Waals surface area contributed by atoms with Gasteiger partial charge in [-0.1, -0.05) is 58.4 Å². The molecule has 0 unspecified atom stereocenters. The second-order valence-corrected chi connectivity index (χ2v) is 6.37. The number of esters is 1. The van der Waals surface area contributed by atoms with Crippen molar-refractivity contribution in [1.82, 2.24) is 0 Å². The van der Waals surface area contributed by atoms with E-state index in [0.717, 1.165) is 26.4 Å². The average Bonchev–Trinajstić information content (AvgIpc) is 2.95. The summed E-state index contributed by atoms with van der Waals surface area (Å²) in [5, 5.41) is 2.22. The maximum atomic E-state index is 12.1. The largest absolute Gasteiger partial charge is 0.402 e. The van der Waals surface area contributed by atoms with Gasteiger partial charge in [0, 0.05) is 10.0 Å². The van der Waals surface area contributed by atoms with Crippen molar-refractivity contribution in [2.24, 2.45) is 4.99 Å². The predicted octanol–water partition coefficient (Wildman–Crippen LogP) is 4.95. The molecule has 0 saturated heterocycles. The van der Waals surface area contributed by atoms with Crippen molar-refractivity contribution in [2.75, 3.05) is 0 Å². The Labute approximate surface area is 147 Å². The number of hydrogen-bond acceptors (Lipinski definition) is 3. The number of aliphatic imine (C=N–C) groups is 1. The number of rotatable bonds is 2. The van der Waals surface area contributed by atoms with Crippen LogP contribution in [-0.2, 0) is 9.53 Å². The van der Waals surface area contributed by atoms with Crippen LogP contribution in [0.4, 0.5) is 0 Å². The molecule has 3 nitrogen and oxygen atoms in total. The van der Waals surface area contributed by atoms with Crippen molar-refractivity contribution in [3.8, 4) is 0 Å². The number of nitrogens with zero attached hydrogens (tertiary/aromatic N) is 1. The summed E-state index contributed by atoms with van der Waals surface area (Å²) in [7, 11) is 0. The van der Waals surface area contributed by atoms with E-state index in [1.807, 2.05) is 66.7 Å². The van der Waals surface area contributed by atoms with Crippen molar-refractivity contribution in [2.45, 2.75) is 0 Å². The normalized spacial score (nSPS) is 15.6. The number of carbonyl (C=O) groups is 1. The van der Waals surface area contributed by atoms with Crippen LogP contribution in [0, 0.1) is 0 Å². The second-order valence-electron chi connectivity index (χ2n) is 5.45. The summed E-state index contributed by atoms with van der Waals surface area (Å²) in [6, 6.07) is 21.6. The van der Waals surface area contributed by atoms with Gasteiger partial charge in [0.1, 0.15) is 0 Å². The molecule has 4 heteroatoms. The number of carbonyl (C=O) groups excluding carboxylic acids is 1. The molecule has 0 spiro atoms. The van der Waals surface area contributed by atoms with Gasteiger partial charge in [0.2, 0.25) is 5.90 Å². The maximum Gasteiger partial charge on any atom is 0.363 e. The van der Waals surface area contributed by atoms with Crippen molar-refractivity contribution in [3.63, 3.8) is 0 Å². The van der Waals surface area contributed by atoms with Gasteiger partial charge in [-0.25, -0.2) is 9.79 Å². The Morgan fingerprint density at radius 2 is 1.75 bits per heavy atom. The third-order valence-electron chi connectivity index (χ3n) is 3.77. The van der Waals surface area contributed by atoms with Crippen LogP contribution < -0.4 is 0 Å². The minimum Gasteiger partial charge on any atom is -0.402 e. The summed E-state index contributed by atoms with van der Waals surface area (Å²) in [6.07, 6.45) is 1.72. The lowest BCUT2D eigenvalue weighted by Gasteiger charge is -2.02.